The van der Waals surface area contributed by atoms with E-state index in [1.54, 1.807) is 0 Å². The van der Waals surface area contributed by atoms with Crippen molar-refractivity contribution in [3.05, 3.63) is 28.2 Å². The van der Waals surface area contributed by atoms with Crippen LogP contribution < -0.4 is 4.90 Å². The molecule has 1 aromatic carbocycles. The molecule has 1 heterocycles. The quantitative estimate of drug-likeness (QED) is 0.860. The number of halogens is 1. The van der Waals surface area contributed by atoms with Gasteiger partial charge in [0.15, 0.2) is 0 Å². The van der Waals surface area contributed by atoms with Gasteiger partial charge in [-0.2, -0.15) is 5.26 Å². The van der Waals surface area contributed by atoms with Crippen LogP contribution in [-0.2, 0) is 0 Å². The van der Waals surface area contributed by atoms with Gasteiger partial charge in [-0.15, -0.1) is 0 Å². The molecule has 1 fully saturated rings. The summed E-state index contributed by atoms with van der Waals surface area (Å²) in [5.74, 6) is 0. The van der Waals surface area contributed by atoms with Crippen molar-refractivity contribution < 1.29 is 0 Å². The van der Waals surface area contributed by atoms with Gasteiger partial charge >= 0.3 is 0 Å². The number of nitriles is 1. The van der Waals surface area contributed by atoms with Gasteiger partial charge in [0.2, 0.25) is 0 Å². The Hall–Kier alpha value is -1.05. The Morgan fingerprint density at radius 3 is 2.94 bits per heavy atom. The van der Waals surface area contributed by atoms with Gasteiger partial charge < -0.3 is 9.80 Å². The Morgan fingerprint density at radius 2 is 2.33 bits per heavy atom. The van der Waals surface area contributed by atoms with Gasteiger partial charge in [0.1, 0.15) is 6.07 Å². The number of likely N-dealkylation sites (N-methyl/N-ethyl adjacent to an activating group) is 2. The fourth-order valence-corrected chi connectivity index (χ4v) is 3.01. The predicted molar refractivity (Wildman–Crippen MR) is 77.8 cm³/mol. The lowest BCUT2D eigenvalue weighted by atomic mass is 10.1. The summed E-state index contributed by atoms with van der Waals surface area (Å²) in [6, 6.07) is 8.78. The second-order valence-electron chi connectivity index (χ2n) is 4.90. The summed E-state index contributed by atoms with van der Waals surface area (Å²) in [6.45, 7) is 2.16. The summed E-state index contributed by atoms with van der Waals surface area (Å²) in [5, 5.41) is 9.24. The summed E-state index contributed by atoms with van der Waals surface area (Å²) in [4.78, 5) is 4.59. The SMILES string of the molecule is CN(CC1CCCN1C)c1cccc(Br)c1C#N. The highest BCUT2D eigenvalue weighted by atomic mass is 79.9. The molecule has 4 heteroatoms. The molecule has 0 spiro atoms. The second kappa shape index (κ2) is 5.73. The Labute approximate surface area is 117 Å². The zero-order chi connectivity index (χ0) is 13.1. The molecule has 0 radical (unpaired) electrons. The first-order chi connectivity index (χ1) is 8.63. The molecule has 0 aromatic heterocycles. The lowest BCUT2D eigenvalue weighted by Crippen LogP contribution is -2.36. The number of rotatable bonds is 3. The molecule has 2 rings (SSSR count). The standard InChI is InChI=1S/C14H18BrN3/c1-17-8-4-5-11(17)10-18(2)14-7-3-6-13(15)12(14)9-16/h3,6-7,11H,4-5,8,10H2,1-2H3. The van der Waals surface area contributed by atoms with E-state index in [0.717, 1.165) is 22.3 Å². The minimum atomic E-state index is 0.598. The number of hydrogen-bond acceptors (Lipinski definition) is 3. The first-order valence-electron chi connectivity index (χ1n) is 6.23. The van der Waals surface area contributed by atoms with Crippen LogP contribution in [0.2, 0.25) is 0 Å². The Morgan fingerprint density at radius 1 is 1.56 bits per heavy atom. The van der Waals surface area contributed by atoms with Crippen LogP contribution in [0.25, 0.3) is 0 Å². The van der Waals surface area contributed by atoms with Crippen molar-refractivity contribution in [2.75, 3.05) is 32.1 Å². The van der Waals surface area contributed by atoms with E-state index >= 15 is 0 Å². The van der Waals surface area contributed by atoms with Crippen LogP contribution in [0.5, 0.6) is 0 Å². The lowest BCUT2D eigenvalue weighted by molar-refractivity contribution is 0.314. The van der Waals surface area contributed by atoms with Crippen molar-refractivity contribution in [3.63, 3.8) is 0 Å². The number of nitrogens with zero attached hydrogens (tertiary/aromatic N) is 3. The predicted octanol–water partition coefficient (Wildman–Crippen LogP) is 2.85. The maximum Gasteiger partial charge on any atom is 0.103 e. The normalized spacial score (nSPS) is 19.8. The molecule has 1 aliphatic heterocycles. The highest BCUT2D eigenvalue weighted by Gasteiger charge is 2.23. The zero-order valence-corrected chi connectivity index (χ0v) is 12.4. The summed E-state index contributed by atoms with van der Waals surface area (Å²) < 4.78 is 0.870. The van der Waals surface area contributed by atoms with E-state index in [-0.39, 0.29) is 0 Å². The maximum atomic E-state index is 9.24. The van der Waals surface area contributed by atoms with E-state index in [1.165, 1.54) is 19.4 Å². The summed E-state index contributed by atoms with van der Waals surface area (Å²) in [5.41, 5.74) is 1.73. The van der Waals surface area contributed by atoms with Gasteiger partial charge in [-0.1, -0.05) is 6.07 Å². The molecule has 0 saturated carbocycles. The van der Waals surface area contributed by atoms with Crippen LogP contribution in [0.4, 0.5) is 5.69 Å². The van der Waals surface area contributed by atoms with E-state index < -0.39 is 0 Å². The first kappa shape index (κ1) is 13.4. The topological polar surface area (TPSA) is 30.3 Å². The smallest absolute Gasteiger partial charge is 0.103 e. The number of anilines is 1. The van der Waals surface area contributed by atoms with Gasteiger partial charge in [-0.3, -0.25) is 0 Å². The molecular formula is C14H18BrN3. The molecule has 1 atom stereocenters. The van der Waals surface area contributed by atoms with Crippen LogP contribution in [0.15, 0.2) is 22.7 Å². The van der Waals surface area contributed by atoms with E-state index in [1.807, 2.05) is 18.2 Å². The molecule has 1 saturated heterocycles. The van der Waals surface area contributed by atoms with Crippen LogP contribution in [0.3, 0.4) is 0 Å². The average Bonchev–Trinajstić information content (AvgIpc) is 2.74. The average molecular weight is 308 g/mol. The second-order valence-corrected chi connectivity index (χ2v) is 5.76. The van der Waals surface area contributed by atoms with Crippen molar-refractivity contribution >= 4 is 21.6 Å². The molecule has 18 heavy (non-hydrogen) atoms. The third kappa shape index (κ3) is 2.68. The zero-order valence-electron chi connectivity index (χ0n) is 10.9. The fraction of sp³-hybridized carbons (Fsp3) is 0.500. The molecule has 0 amide bonds. The molecule has 3 nitrogen and oxygen atoms in total. The van der Waals surface area contributed by atoms with Gasteiger partial charge in [0, 0.05) is 24.1 Å². The van der Waals surface area contributed by atoms with Crippen molar-refractivity contribution in [3.8, 4) is 6.07 Å². The number of likely N-dealkylation sites (tertiary alicyclic amines) is 1. The highest BCUT2D eigenvalue weighted by molar-refractivity contribution is 9.10. The largest absolute Gasteiger partial charge is 0.372 e. The summed E-state index contributed by atoms with van der Waals surface area (Å²) >= 11 is 3.44. The minimum Gasteiger partial charge on any atom is -0.372 e. The highest BCUT2D eigenvalue weighted by Crippen LogP contribution is 2.27. The fourth-order valence-electron chi connectivity index (χ4n) is 2.57. The summed E-state index contributed by atoms with van der Waals surface area (Å²) in [7, 11) is 4.24. The van der Waals surface area contributed by atoms with Gasteiger partial charge in [-0.05, 0) is 54.5 Å². The molecule has 0 aliphatic carbocycles. The number of hydrogen-bond donors (Lipinski definition) is 0. The van der Waals surface area contributed by atoms with Gasteiger partial charge in [-0.25, -0.2) is 0 Å². The van der Waals surface area contributed by atoms with Crippen LogP contribution >= 0.6 is 15.9 Å². The van der Waals surface area contributed by atoms with Crippen LogP contribution in [0, 0.1) is 11.3 Å². The summed E-state index contributed by atoms with van der Waals surface area (Å²) in [6.07, 6.45) is 2.52. The molecule has 96 valence electrons. The first-order valence-corrected chi connectivity index (χ1v) is 7.02. The van der Waals surface area contributed by atoms with Crippen molar-refractivity contribution in [2.24, 2.45) is 0 Å². The van der Waals surface area contributed by atoms with Crippen LogP contribution in [-0.4, -0.2) is 38.1 Å². The Balaban J connectivity index is 2.16. The van der Waals surface area contributed by atoms with E-state index in [2.05, 4.69) is 45.9 Å². The minimum absolute atomic E-state index is 0.598. The van der Waals surface area contributed by atoms with E-state index in [4.69, 9.17) is 0 Å². The van der Waals surface area contributed by atoms with Crippen molar-refractivity contribution in [2.45, 2.75) is 18.9 Å². The lowest BCUT2D eigenvalue weighted by Gasteiger charge is -2.28. The molecule has 0 N–H and O–H groups in total. The van der Waals surface area contributed by atoms with Gasteiger partial charge in [0.25, 0.3) is 0 Å². The Kier molecular flexibility index (Phi) is 4.26. The third-order valence-electron chi connectivity index (χ3n) is 3.67. The van der Waals surface area contributed by atoms with Gasteiger partial charge in [0.05, 0.1) is 11.3 Å². The molecule has 1 unspecified atom stereocenters. The number of benzene rings is 1. The van der Waals surface area contributed by atoms with E-state index in [0.29, 0.717) is 6.04 Å². The van der Waals surface area contributed by atoms with Crippen molar-refractivity contribution in [1.29, 1.82) is 5.26 Å². The third-order valence-corrected chi connectivity index (χ3v) is 4.33. The van der Waals surface area contributed by atoms with Crippen molar-refractivity contribution in [1.82, 2.24) is 4.90 Å². The maximum absolute atomic E-state index is 9.24. The van der Waals surface area contributed by atoms with Crippen LogP contribution in [0.1, 0.15) is 18.4 Å². The van der Waals surface area contributed by atoms with E-state index in [9.17, 15) is 5.26 Å². The monoisotopic (exact) mass is 307 g/mol. The molecule has 1 aliphatic rings. The molecule has 1 aromatic rings. The molecular weight excluding hydrogens is 290 g/mol. The Bertz CT molecular complexity index is 467. The molecule has 0 bridgehead atoms.